The predicted octanol–water partition coefficient (Wildman–Crippen LogP) is 2.40. The summed E-state index contributed by atoms with van der Waals surface area (Å²) in [5.41, 5.74) is 1.29. The summed E-state index contributed by atoms with van der Waals surface area (Å²) >= 11 is 0. The Morgan fingerprint density at radius 2 is 1.96 bits per heavy atom. The minimum absolute atomic E-state index is 0.0356. The average Bonchev–Trinajstić information content (AvgIpc) is 2.64. The fraction of sp³-hybridized carbons (Fsp3) is 0.556. The molecule has 0 spiro atoms. The molecule has 2 unspecified atom stereocenters. The summed E-state index contributed by atoms with van der Waals surface area (Å²) in [7, 11) is 1.82. The number of fused-ring (bicyclic) bond motifs is 1. The SMILES string of the molecule is Cn1c(N2CCCC3CCCCC32)nc(-c2ccncn2)cc1=O. The van der Waals surface area contributed by atoms with Gasteiger partial charge in [0.15, 0.2) is 0 Å². The van der Waals surface area contributed by atoms with E-state index < -0.39 is 0 Å². The first-order valence-electron chi connectivity index (χ1n) is 8.85. The van der Waals surface area contributed by atoms with Crippen LogP contribution in [0.5, 0.6) is 0 Å². The monoisotopic (exact) mass is 325 g/mol. The van der Waals surface area contributed by atoms with Gasteiger partial charge in [0, 0.05) is 31.9 Å². The van der Waals surface area contributed by atoms with Crippen molar-refractivity contribution in [3.05, 3.63) is 35.0 Å². The van der Waals surface area contributed by atoms with Gasteiger partial charge in [-0.1, -0.05) is 12.8 Å². The van der Waals surface area contributed by atoms with Crippen LogP contribution in [-0.4, -0.2) is 32.1 Å². The highest BCUT2D eigenvalue weighted by atomic mass is 16.1. The first kappa shape index (κ1) is 15.3. The molecule has 24 heavy (non-hydrogen) atoms. The van der Waals surface area contributed by atoms with E-state index in [0.29, 0.717) is 17.4 Å². The topological polar surface area (TPSA) is 63.9 Å². The van der Waals surface area contributed by atoms with Crippen LogP contribution in [0.3, 0.4) is 0 Å². The zero-order valence-electron chi connectivity index (χ0n) is 14.1. The summed E-state index contributed by atoms with van der Waals surface area (Å²) in [6.07, 6.45) is 10.8. The van der Waals surface area contributed by atoms with Gasteiger partial charge in [0.25, 0.3) is 5.56 Å². The summed E-state index contributed by atoms with van der Waals surface area (Å²) in [6.45, 7) is 0.981. The molecular weight excluding hydrogens is 302 g/mol. The van der Waals surface area contributed by atoms with E-state index in [4.69, 9.17) is 4.98 Å². The van der Waals surface area contributed by atoms with Crippen molar-refractivity contribution in [1.29, 1.82) is 0 Å². The molecule has 1 saturated heterocycles. The molecule has 0 amide bonds. The second-order valence-electron chi connectivity index (χ2n) is 6.88. The van der Waals surface area contributed by atoms with E-state index in [1.165, 1.54) is 44.9 Å². The van der Waals surface area contributed by atoms with E-state index in [-0.39, 0.29) is 5.56 Å². The van der Waals surface area contributed by atoms with E-state index in [1.807, 2.05) is 7.05 Å². The first-order chi connectivity index (χ1) is 11.7. The third-order valence-electron chi connectivity index (χ3n) is 5.46. The molecule has 6 nitrogen and oxygen atoms in total. The van der Waals surface area contributed by atoms with E-state index in [2.05, 4.69) is 14.9 Å². The van der Waals surface area contributed by atoms with Gasteiger partial charge in [0.2, 0.25) is 5.95 Å². The third-order valence-corrected chi connectivity index (χ3v) is 5.46. The number of rotatable bonds is 2. The minimum atomic E-state index is -0.0356. The highest BCUT2D eigenvalue weighted by Crippen LogP contribution is 2.37. The lowest BCUT2D eigenvalue weighted by molar-refractivity contribution is 0.240. The molecule has 4 rings (SSSR count). The second-order valence-corrected chi connectivity index (χ2v) is 6.88. The van der Waals surface area contributed by atoms with Gasteiger partial charge in [-0.15, -0.1) is 0 Å². The van der Waals surface area contributed by atoms with Crippen LogP contribution < -0.4 is 10.5 Å². The van der Waals surface area contributed by atoms with Crippen LogP contribution in [-0.2, 0) is 7.05 Å². The molecule has 2 aromatic heterocycles. The molecule has 2 fully saturated rings. The molecular formula is C18H23N5O. The van der Waals surface area contributed by atoms with Gasteiger partial charge in [-0.2, -0.15) is 0 Å². The second kappa shape index (κ2) is 6.34. The third kappa shape index (κ3) is 2.70. The molecule has 1 aliphatic carbocycles. The van der Waals surface area contributed by atoms with Gasteiger partial charge in [-0.25, -0.2) is 15.0 Å². The Morgan fingerprint density at radius 1 is 1.12 bits per heavy atom. The minimum Gasteiger partial charge on any atom is -0.339 e. The van der Waals surface area contributed by atoms with Gasteiger partial charge in [-0.05, 0) is 37.7 Å². The molecule has 6 heteroatoms. The number of hydrogen-bond donors (Lipinski definition) is 0. The van der Waals surface area contributed by atoms with Crippen molar-refractivity contribution >= 4 is 5.95 Å². The maximum atomic E-state index is 12.5. The van der Waals surface area contributed by atoms with Crippen LogP contribution in [0, 0.1) is 5.92 Å². The van der Waals surface area contributed by atoms with Crippen LogP contribution in [0.25, 0.3) is 11.4 Å². The molecule has 0 bridgehead atoms. The van der Waals surface area contributed by atoms with Gasteiger partial charge in [0.05, 0.1) is 11.4 Å². The fourth-order valence-corrected chi connectivity index (χ4v) is 4.23. The normalized spacial score (nSPS) is 23.8. The lowest BCUT2D eigenvalue weighted by Gasteiger charge is -2.45. The Labute approximate surface area is 141 Å². The van der Waals surface area contributed by atoms with Crippen LogP contribution in [0.2, 0.25) is 0 Å². The Bertz CT molecular complexity index is 771. The van der Waals surface area contributed by atoms with Crippen LogP contribution in [0.1, 0.15) is 38.5 Å². The molecule has 2 atom stereocenters. The van der Waals surface area contributed by atoms with Crippen LogP contribution in [0.15, 0.2) is 29.5 Å². The Balaban J connectivity index is 1.77. The summed E-state index contributed by atoms with van der Waals surface area (Å²) in [6, 6.07) is 3.88. The Morgan fingerprint density at radius 3 is 2.79 bits per heavy atom. The molecule has 2 aliphatic rings. The lowest BCUT2D eigenvalue weighted by Crippen LogP contribution is -2.49. The van der Waals surface area contributed by atoms with Crippen molar-refractivity contribution in [1.82, 2.24) is 19.5 Å². The molecule has 0 radical (unpaired) electrons. The van der Waals surface area contributed by atoms with Crippen LogP contribution >= 0.6 is 0 Å². The fourth-order valence-electron chi connectivity index (χ4n) is 4.23. The maximum Gasteiger partial charge on any atom is 0.255 e. The highest BCUT2D eigenvalue weighted by Gasteiger charge is 2.35. The molecule has 0 aromatic carbocycles. The standard InChI is InChI=1S/C18H23N5O/c1-22-17(24)11-15(14-8-9-19-12-20-14)21-18(22)23-10-4-6-13-5-2-3-7-16(13)23/h8-9,11-13,16H,2-7,10H2,1H3. The molecule has 1 saturated carbocycles. The molecule has 0 N–H and O–H groups in total. The number of anilines is 1. The van der Waals surface area contributed by atoms with Crippen molar-refractivity contribution < 1.29 is 0 Å². The molecule has 3 heterocycles. The summed E-state index contributed by atoms with van der Waals surface area (Å²) in [5, 5.41) is 0. The summed E-state index contributed by atoms with van der Waals surface area (Å²) in [5.74, 6) is 1.53. The quantitative estimate of drug-likeness (QED) is 0.848. The van der Waals surface area contributed by atoms with Crippen molar-refractivity contribution in [2.45, 2.75) is 44.6 Å². The lowest BCUT2D eigenvalue weighted by atomic mass is 9.78. The van der Waals surface area contributed by atoms with E-state index >= 15 is 0 Å². The predicted molar refractivity (Wildman–Crippen MR) is 92.8 cm³/mol. The zero-order valence-corrected chi connectivity index (χ0v) is 14.1. The van der Waals surface area contributed by atoms with E-state index in [1.54, 1.807) is 22.9 Å². The van der Waals surface area contributed by atoms with Crippen molar-refractivity contribution in [2.24, 2.45) is 13.0 Å². The number of piperidine rings is 1. The van der Waals surface area contributed by atoms with Gasteiger partial charge in [0.1, 0.15) is 6.33 Å². The molecule has 1 aliphatic heterocycles. The van der Waals surface area contributed by atoms with E-state index in [9.17, 15) is 4.79 Å². The smallest absolute Gasteiger partial charge is 0.255 e. The van der Waals surface area contributed by atoms with Crippen molar-refractivity contribution in [3.63, 3.8) is 0 Å². The molecule has 2 aromatic rings. The Hall–Kier alpha value is -2.24. The Kier molecular flexibility index (Phi) is 4.04. The van der Waals surface area contributed by atoms with Crippen molar-refractivity contribution in [3.8, 4) is 11.4 Å². The summed E-state index contributed by atoms with van der Waals surface area (Å²) in [4.78, 5) is 27.9. The van der Waals surface area contributed by atoms with Crippen LogP contribution in [0.4, 0.5) is 5.95 Å². The first-order valence-corrected chi connectivity index (χ1v) is 8.85. The average molecular weight is 325 g/mol. The zero-order chi connectivity index (χ0) is 16.5. The van der Waals surface area contributed by atoms with Gasteiger partial charge >= 0.3 is 0 Å². The summed E-state index contributed by atoms with van der Waals surface area (Å²) < 4.78 is 1.68. The number of hydrogen-bond acceptors (Lipinski definition) is 5. The van der Waals surface area contributed by atoms with E-state index in [0.717, 1.165) is 18.4 Å². The maximum absolute atomic E-state index is 12.5. The van der Waals surface area contributed by atoms with Crippen molar-refractivity contribution in [2.75, 3.05) is 11.4 Å². The number of aromatic nitrogens is 4. The van der Waals surface area contributed by atoms with Gasteiger partial charge < -0.3 is 4.90 Å². The highest BCUT2D eigenvalue weighted by molar-refractivity contribution is 5.55. The largest absolute Gasteiger partial charge is 0.339 e. The molecule has 126 valence electrons. The van der Waals surface area contributed by atoms with Gasteiger partial charge in [-0.3, -0.25) is 9.36 Å². The number of nitrogens with zero attached hydrogens (tertiary/aromatic N) is 5.